The number of hydrogen-bond acceptors (Lipinski definition) is 5. The van der Waals surface area contributed by atoms with Crippen LogP contribution < -0.4 is 0 Å². The Morgan fingerprint density at radius 3 is 2.50 bits per heavy atom. The van der Waals surface area contributed by atoms with Gasteiger partial charge in [0.2, 0.25) is 5.91 Å². The van der Waals surface area contributed by atoms with Crippen LogP contribution in [0.25, 0.3) is 0 Å². The molecular formula is C14H22N2O4. The summed E-state index contributed by atoms with van der Waals surface area (Å²) < 4.78 is 4.92. The minimum atomic E-state index is -1.48. The van der Waals surface area contributed by atoms with Crippen molar-refractivity contribution in [3.63, 3.8) is 0 Å². The van der Waals surface area contributed by atoms with E-state index in [1.165, 1.54) is 0 Å². The summed E-state index contributed by atoms with van der Waals surface area (Å²) in [5, 5.41) is 16.1. The van der Waals surface area contributed by atoms with Crippen molar-refractivity contribution in [3.05, 3.63) is 0 Å². The van der Waals surface area contributed by atoms with Gasteiger partial charge in [0.1, 0.15) is 0 Å². The van der Waals surface area contributed by atoms with E-state index in [9.17, 15) is 14.7 Å². The fourth-order valence-corrected chi connectivity index (χ4v) is 2.19. The van der Waals surface area contributed by atoms with Gasteiger partial charge in [-0.25, -0.2) is 9.80 Å². The van der Waals surface area contributed by atoms with Crippen LogP contribution in [0.15, 0.2) is 5.10 Å². The number of ether oxygens (including phenoxy) is 1. The Morgan fingerprint density at radius 1 is 1.45 bits per heavy atom. The van der Waals surface area contributed by atoms with Crippen molar-refractivity contribution in [3.8, 4) is 0 Å². The Kier molecular flexibility index (Phi) is 3.62. The number of rotatable bonds is 3. The number of nitrogens with zero attached hydrogens (tertiary/aromatic N) is 2. The second kappa shape index (κ2) is 4.84. The summed E-state index contributed by atoms with van der Waals surface area (Å²) in [6.07, 6.45) is 1.65. The highest BCUT2D eigenvalue weighted by Crippen LogP contribution is 2.44. The summed E-state index contributed by atoms with van der Waals surface area (Å²) in [5.74, 6) is -0.850. The number of amides is 1. The highest BCUT2D eigenvalue weighted by molar-refractivity contribution is 6.37. The second-order valence-corrected chi connectivity index (χ2v) is 6.43. The molecule has 1 aliphatic heterocycles. The maximum Gasteiger partial charge on any atom is 0.354 e. The molecule has 6 heteroatoms. The molecule has 0 radical (unpaired) electrons. The molecule has 20 heavy (non-hydrogen) atoms. The molecule has 1 fully saturated rings. The highest BCUT2D eigenvalue weighted by atomic mass is 16.5. The van der Waals surface area contributed by atoms with E-state index in [2.05, 4.69) is 5.10 Å². The van der Waals surface area contributed by atoms with E-state index in [0.29, 0.717) is 0 Å². The predicted octanol–water partition coefficient (Wildman–Crippen LogP) is 1.28. The van der Waals surface area contributed by atoms with E-state index in [1.54, 1.807) is 6.92 Å². The van der Waals surface area contributed by atoms with Gasteiger partial charge in [0.15, 0.2) is 11.4 Å². The maximum atomic E-state index is 12.3. The molecule has 1 atom stereocenters. The fourth-order valence-electron chi connectivity index (χ4n) is 2.19. The van der Waals surface area contributed by atoms with Crippen molar-refractivity contribution in [2.24, 2.45) is 16.4 Å². The van der Waals surface area contributed by atoms with Crippen LogP contribution in [0, 0.1) is 11.3 Å². The largest absolute Gasteiger partial charge is 0.461 e. The lowest BCUT2D eigenvalue weighted by Crippen LogP contribution is -2.55. The van der Waals surface area contributed by atoms with E-state index in [1.807, 2.05) is 20.8 Å². The van der Waals surface area contributed by atoms with Crippen LogP contribution in [0.1, 0.15) is 47.0 Å². The molecule has 0 aromatic heterocycles. The minimum absolute atomic E-state index is 0.00773. The topological polar surface area (TPSA) is 79.2 Å². The Morgan fingerprint density at radius 2 is 2.05 bits per heavy atom. The van der Waals surface area contributed by atoms with Gasteiger partial charge in [-0.15, -0.1) is 0 Å². The quantitative estimate of drug-likeness (QED) is 0.791. The molecule has 1 N–H and O–H groups in total. The number of hydrogen-bond donors (Lipinski definition) is 1. The number of hydrazone groups is 1. The molecule has 2 aliphatic rings. The maximum absolute atomic E-state index is 12.3. The standard InChI is InChI=1S/C14H22N2O4/c1-5-20-12(18)10-8-14(19,13(2,3)4)16(15-10)11(17)9-6-7-9/h9,19H,5-8H2,1-4H3/t14-/m0/s1. The third-order valence-corrected chi connectivity index (χ3v) is 3.83. The fraction of sp³-hybridized carbons (Fsp3) is 0.786. The Bertz CT molecular complexity index is 462. The van der Waals surface area contributed by atoms with E-state index in [-0.39, 0.29) is 30.6 Å². The first-order chi connectivity index (χ1) is 9.20. The zero-order valence-corrected chi connectivity index (χ0v) is 12.5. The zero-order chi connectivity index (χ0) is 15.1. The summed E-state index contributed by atoms with van der Waals surface area (Å²) in [6, 6.07) is 0. The average Bonchev–Trinajstić information content (AvgIpc) is 3.11. The van der Waals surface area contributed by atoms with Crippen molar-refractivity contribution in [1.82, 2.24) is 5.01 Å². The first kappa shape index (κ1) is 15.0. The van der Waals surface area contributed by atoms with Crippen molar-refractivity contribution in [2.75, 3.05) is 6.61 Å². The molecule has 0 unspecified atom stereocenters. The van der Waals surface area contributed by atoms with Gasteiger partial charge in [0.05, 0.1) is 6.61 Å². The average molecular weight is 282 g/mol. The summed E-state index contributed by atoms with van der Waals surface area (Å²) in [6.45, 7) is 7.41. The van der Waals surface area contributed by atoms with E-state index in [0.717, 1.165) is 17.9 Å². The molecule has 0 aromatic carbocycles. The molecule has 6 nitrogen and oxygen atoms in total. The molecule has 0 bridgehead atoms. The summed E-state index contributed by atoms with van der Waals surface area (Å²) in [4.78, 5) is 24.1. The van der Waals surface area contributed by atoms with Crippen molar-refractivity contribution >= 4 is 17.6 Å². The number of carbonyl (C=O) groups excluding carboxylic acids is 2. The first-order valence-electron chi connectivity index (χ1n) is 7.01. The SMILES string of the molecule is CCOC(=O)C1=NN(C(=O)C2CC2)[C@@](O)(C(C)(C)C)C1. The molecule has 0 saturated heterocycles. The van der Waals surface area contributed by atoms with Gasteiger partial charge in [0.25, 0.3) is 0 Å². The number of esters is 1. The Hall–Kier alpha value is -1.43. The van der Waals surface area contributed by atoms with Crippen molar-refractivity contribution < 1.29 is 19.4 Å². The molecule has 1 saturated carbocycles. The predicted molar refractivity (Wildman–Crippen MR) is 72.7 cm³/mol. The molecular weight excluding hydrogens is 260 g/mol. The molecule has 1 aliphatic carbocycles. The lowest BCUT2D eigenvalue weighted by atomic mass is 9.80. The third kappa shape index (κ3) is 2.44. The first-order valence-corrected chi connectivity index (χ1v) is 7.01. The van der Waals surface area contributed by atoms with E-state index in [4.69, 9.17) is 4.74 Å². The van der Waals surface area contributed by atoms with Crippen molar-refractivity contribution in [2.45, 2.75) is 52.7 Å². The normalized spacial score (nSPS) is 26.4. The van der Waals surface area contributed by atoms with Gasteiger partial charge in [-0.1, -0.05) is 20.8 Å². The van der Waals surface area contributed by atoms with Crippen LogP contribution in [-0.4, -0.2) is 40.0 Å². The molecule has 1 amide bonds. The van der Waals surface area contributed by atoms with Crippen LogP contribution in [0.4, 0.5) is 0 Å². The van der Waals surface area contributed by atoms with Gasteiger partial charge in [0, 0.05) is 17.8 Å². The highest BCUT2D eigenvalue weighted by Gasteiger charge is 2.55. The minimum Gasteiger partial charge on any atom is -0.461 e. The molecule has 0 aromatic rings. The van der Waals surface area contributed by atoms with Crippen LogP contribution in [0.5, 0.6) is 0 Å². The molecule has 0 spiro atoms. The molecule has 2 rings (SSSR count). The van der Waals surface area contributed by atoms with E-state index < -0.39 is 17.1 Å². The molecule has 112 valence electrons. The summed E-state index contributed by atoms with van der Waals surface area (Å²) in [5.41, 5.74) is -1.98. The third-order valence-electron chi connectivity index (χ3n) is 3.83. The zero-order valence-electron chi connectivity index (χ0n) is 12.5. The number of carbonyl (C=O) groups is 2. The van der Waals surface area contributed by atoms with Crippen molar-refractivity contribution in [1.29, 1.82) is 0 Å². The van der Waals surface area contributed by atoms with Gasteiger partial charge < -0.3 is 9.84 Å². The lowest BCUT2D eigenvalue weighted by Gasteiger charge is -2.41. The lowest BCUT2D eigenvalue weighted by molar-refractivity contribution is -0.183. The smallest absolute Gasteiger partial charge is 0.354 e. The van der Waals surface area contributed by atoms with Gasteiger partial charge in [-0.3, -0.25) is 4.79 Å². The molecule has 1 heterocycles. The summed E-state index contributed by atoms with van der Waals surface area (Å²) in [7, 11) is 0. The van der Waals surface area contributed by atoms with Crippen LogP contribution in [0.3, 0.4) is 0 Å². The van der Waals surface area contributed by atoms with Crippen LogP contribution >= 0.6 is 0 Å². The Labute approximate surface area is 118 Å². The summed E-state index contributed by atoms with van der Waals surface area (Å²) >= 11 is 0. The van der Waals surface area contributed by atoms with E-state index >= 15 is 0 Å². The van der Waals surface area contributed by atoms with Gasteiger partial charge in [-0.2, -0.15) is 5.10 Å². The van der Waals surface area contributed by atoms with Gasteiger partial charge >= 0.3 is 5.97 Å². The number of aliphatic hydroxyl groups is 1. The second-order valence-electron chi connectivity index (χ2n) is 6.43. The van der Waals surface area contributed by atoms with Crippen LogP contribution in [0.2, 0.25) is 0 Å². The Balaban J connectivity index is 2.30. The monoisotopic (exact) mass is 282 g/mol. The van der Waals surface area contributed by atoms with Crippen LogP contribution in [-0.2, 0) is 14.3 Å². The van der Waals surface area contributed by atoms with Gasteiger partial charge in [-0.05, 0) is 19.8 Å².